The molecule has 164 valence electrons. The molecule has 3 amide bonds. The summed E-state index contributed by atoms with van der Waals surface area (Å²) in [7, 11) is 1.54. The topological polar surface area (TPSA) is 101 Å². The van der Waals surface area contributed by atoms with Crippen LogP contribution in [0.15, 0.2) is 79.1 Å². The summed E-state index contributed by atoms with van der Waals surface area (Å²) in [5.41, 5.74) is 1.65. The lowest BCUT2D eigenvalue weighted by atomic mass is 10.0. The van der Waals surface area contributed by atoms with Crippen LogP contribution in [-0.2, 0) is 14.4 Å². The second kappa shape index (κ2) is 10.7. The van der Waals surface area contributed by atoms with Gasteiger partial charge < -0.3 is 15.4 Å². The fraction of sp³-hybridized carbons (Fsp3) is 0.167. The highest BCUT2D eigenvalue weighted by molar-refractivity contribution is 6.06. The van der Waals surface area contributed by atoms with Gasteiger partial charge in [0.05, 0.1) is 13.7 Å². The number of carbonyl (C=O) groups excluding carboxylic acids is 3. The Labute approximate surface area is 186 Å². The SMILES string of the molecule is COc1ccc(N(C(=O)CNC(C)=O)C(C(=O)Nc2ccccc2)c2ccncc2)cc1. The minimum atomic E-state index is -1.01. The van der Waals surface area contributed by atoms with Crippen LogP contribution in [0.4, 0.5) is 11.4 Å². The fourth-order valence-corrected chi connectivity index (χ4v) is 3.16. The quantitative estimate of drug-likeness (QED) is 0.570. The second-order valence-electron chi connectivity index (χ2n) is 6.91. The van der Waals surface area contributed by atoms with E-state index in [2.05, 4.69) is 15.6 Å². The number of aromatic nitrogens is 1. The van der Waals surface area contributed by atoms with E-state index in [4.69, 9.17) is 4.74 Å². The van der Waals surface area contributed by atoms with Crippen LogP contribution in [0.1, 0.15) is 18.5 Å². The molecule has 0 fully saturated rings. The maximum absolute atomic E-state index is 13.5. The number of nitrogens with zero attached hydrogens (tertiary/aromatic N) is 2. The molecular formula is C24H24N4O4. The van der Waals surface area contributed by atoms with E-state index in [1.165, 1.54) is 11.8 Å². The van der Waals surface area contributed by atoms with Gasteiger partial charge in [0.2, 0.25) is 11.8 Å². The molecule has 2 N–H and O–H groups in total. The third-order valence-electron chi connectivity index (χ3n) is 4.68. The van der Waals surface area contributed by atoms with Gasteiger partial charge in [0.1, 0.15) is 11.8 Å². The number of anilines is 2. The molecule has 1 atom stereocenters. The molecular weight excluding hydrogens is 408 g/mol. The van der Waals surface area contributed by atoms with Crippen LogP contribution < -0.4 is 20.3 Å². The predicted octanol–water partition coefficient (Wildman–Crippen LogP) is 2.94. The summed E-state index contributed by atoms with van der Waals surface area (Å²) in [5.74, 6) is -0.593. The summed E-state index contributed by atoms with van der Waals surface area (Å²) in [6, 6.07) is 18.1. The normalized spacial score (nSPS) is 11.2. The van der Waals surface area contributed by atoms with Crippen molar-refractivity contribution >= 4 is 29.1 Å². The first kappa shape index (κ1) is 22.5. The van der Waals surface area contributed by atoms with Gasteiger partial charge in [-0.05, 0) is 54.1 Å². The Balaban J connectivity index is 2.05. The number of hydrogen-bond donors (Lipinski definition) is 2. The molecule has 8 heteroatoms. The highest BCUT2D eigenvalue weighted by atomic mass is 16.5. The van der Waals surface area contributed by atoms with Crippen molar-refractivity contribution < 1.29 is 19.1 Å². The van der Waals surface area contributed by atoms with Crippen molar-refractivity contribution in [2.45, 2.75) is 13.0 Å². The molecule has 32 heavy (non-hydrogen) atoms. The Morgan fingerprint density at radius 3 is 2.22 bits per heavy atom. The molecule has 1 aromatic heterocycles. The molecule has 0 saturated carbocycles. The van der Waals surface area contributed by atoms with Gasteiger partial charge in [-0.3, -0.25) is 24.3 Å². The molecule has 2 aromatic carbocycles. The Hall–Kier alpha value is -4.20. The molecule has 0 aliphatic rings. The van der Waals surface area contributed by atoms with Gasteiger partial charge in [0.15, 0.2) is 0 Å². The summed E-state index contributed by atoms with van der Waals surface area (Å²) in [4.78, 5) is 43.5. The van der Waals surface area contributed by atoms with Crippen molar-refractivity contribution in [1.82, 2.24) is 10.3 Å². The Morgan fingerprint density at radius 1 is 0.969 bits per heavy atom. The van der Waals surface area contributed by atoms with Crippen LogP contribution in [0.2, 0.25) is 0 Å². The zero-order valence-corrected chi connectivity index (χ0v) is 17.8. The van der Waals surface area contributed by atoms with Crippen molar-refractivity contribution in [3.63, 3.8) is 0 Å². The van der Waals surface area contributed by atoms with Gasteiger partial charge >= 0.3 is 0 Å². The molecule has 0 radical (unpaired) electrons. The van der Waals surface area contributed by atoms with E-state index in [9.17, 15) is 14.4 Å². The van der Waals surface area contributed by atoms with Crippen LogP contribution in [-0.4, -0.2) is 36.4 Å². The summed E-state index contributed by atoms with van der Waals surface area (Å²) in [6.45, 7) is 1.06. The number of hydrogen-bond acceptors (Lipinski definition) is 5. The maximum atomic E-state index is 13.5. The first-order chi connectivity index (χ1) is 15.5. The standard InChI is InChI=1S/C24H24N4O4/c1-17(29)26-16-22(30)28(20-8-10-21(32-2)11-9-20)23(18-12-14-25-15-13-18)24(31)27-19-6-4-3-5-7-19/h3-15,23H,16H2,1-2H3,(H,26,29)(H,27,31). The van der Waals surface area contributed by atoms with Crippen LogP contribution in [0, 0.1) is 0 Å². The Bertz CT molecular complexity index is 1060. The largest absolute Gasteiger partial charge is 0.497 e. The van der Waals surface area contributed by atoms with Crippen molar-refractivity contribution in [1.29, 1.82) is 0 Å². The summed E-state index contributed by atoms with van der Waals surface area (Å²) >= 11 is 0. The minimum absolute atomic E-state index is 0.262. The smallest absolute Gasteiger partial charge is 0.252 e. The average Bonchev–Trinajstić information content (AvgIpc) is 2.82. The lowest BCUT2D eigenvalue weighted by Crippen LogP contribution is -2.46. The number of pyridine rings is 1. The maximum Gasteiger partial charge on any atom is 0.252 e. The van der Waals surface area contributed by atoms with Crippen LogP contribution in [0.25, 0.3) is 0 Å². The Kier molecular flexibility index (Phi) is 7.53. The van der Waals surface area contributed by atoms with Crippen LogP contribution in [0.3, 0.4) is 0 Å². The number of nitrogens with one attached hydrogen (secondary N) is 2. The number of ether oxygens (including phenoxy) is 1. The zero-order chi connectivity index (χ0) is 22.9. The number of methoxy groups -OCH3 is 1. The summed E-state index contributed by atoms with van der Waals surface area (Å²) < 4.78 is 5.21. The minimum Gasteiger partial charge on any atom is -0.497 e. The molecule has 0 spiro atoms. The van der Waals surface area contributed by atoms with Gasteiger partial charge in [0, 0.05) is 30.7 Å². The molecule has 3 aromatic rings. The lowest BCUT2D eigenvalue weighted by Gasteiger charge is -2.31. The third-order valence-corrected chi connectivity index (χ3v) is 4.68. The molecule has 0 bridgehead atoms. The van der Waals surface area contributed by atoms with Crippen molar-refractivity contribution in [2.24, 2.45) is 0 Å². The zero-order valence-electron chi connectivity index (χ0n) is 17.8. The van der Waals surface area contributed by atoms with E-state index in [1.807, 2.05) is 6.07 Å². The molecule has 0 aliphatic carbocycles. The number of benzene rings is 2. The van der Waals surface area contributed by atoms with Crippen molar-refractivity contribution in [2.75, 3.05) is 23.9 Å². The van der Waals surface area contributed by atoms with E-state index in [0.29, 0.717) is 22.7 Å². The first-order valence-corrected chi connectivity index (χ1v) is 9.96. The van der Waals surface area contributed by atoms with E-state index < -0.39 is 17.9 Å². The van der Waals surface area contributed by atoms with Crippen molar-refractivity contribution in [3.8, 4) is 5.75 Å². The molecule has 1 unspecified atom stereocenters. The van der Waals surface area contributed by atoms with Crippen molar-refractivity contribution in [3.05, 3.63) is 84.7 Å². The number of rotatable bonds is 8. The first-order valence-electron chi connectivity index (χ1n) is 9.96. The van der Waals surface area contributed by atoms with Gasteiger partial charge in [-0.15, -0.1) is 0 Å². The second-order valence-corrected chi connectivity index (χ2v) is 6.91. The van der Waals surface area contributed by atoms with E-state index >= 15 is 0 Å². The van der Waals surface area contributed by atoms with Gasteiger partial charge in [-0.2, -0.15) is 0 Å². The predicted molar refractivity (Wildman–Crippen MR) is 121 cm³/mol. The molecule has 3 rings (SSSR count). The van der Waals surface area contributed by atoms with Gasteiger partial charge in [-0.1, -0.05) is 18.2 Å². The number of carbonyl (C=O) groups is 3. The van der Waals surface area contributed by atoms with Crippen LogP contribution in [0.5, 0.6) is 5.75 Å². The van der Waals surface area contributed by atoms with Crippen LogP contribution >= 0.6 is 0 Å². The van der Waals surface area contributed by atoms with E-state index in [0.717, 1.165) is 0 Å². The molecule has 0 aliphatic heterocycles. The van der Waals surface area contributed by atoms with E-state index in [-0.39, 0.29) is 12.5 Å². The Morgan fingerprint density at radius 2 is 1.62 bits per heavy atom. The average molecular weight is 432 g/mol. The lowest BCUT2D eigenvalue weighted by molar-refractivity contribution is -0.125. The molecule has 0 saturated heterocycles. The van der Waals surface area contributed by atoms with Gasteiger partial charge in [0.25, 0.3) is 5.91 Å². The highest BCUT2D eigenvalue weighted by Gasteiger charge is 2.33. The van der Waals surface area contributed by atoms with E-state index in [1.54, 1.807) is 80.2 Å². The number of amides is 3. The summed E-state index contributed by atoms with van der Waals surface area (Å²) in [5, 5.41) is 5.38. The fourth-order valence-electron chi connectivity index (χ4n) is 3.16. The highest BCUT2D eigenvalue weighted by Crippen LogP contribution is 2.30. The molecule has 8 nitrogen and oxygen atoms in total. The monoisotopic (exact) mass is 432 g/mol. The third kappa shape index (κ3) is 5.69. The van der Waals surface area contributed by atoms with Gasteiger partial charge in [-0.25, -0.2) is 0 Å². The summed E-state index contributed by atoms with van der Waals surface area (Å²) in [6.07, 6.45) is 3.12. The molecule has 1 heterocycles. The number of para-hydroxylation sites is 1.